The van der Waals surface area contributed by atoms with Crippen LogP contribution in [0.25, 0.3) is 0 Å². The number of imidazole rings is 1. The molecule has 3 atom stereocenters. The molecule has 0 bridgehead atoms. The van der Waals surface area contributed by atoms with Gasteiger partial charge in [0.1, 0.15) is 5.82 Å². The van der Waals surface area contributed by atoms with Crippen LogP contribution in [0.15, 0.2) is 42.6 Å². The molecule has 2 aliphatic rings. The molecule has 208 valence electrons. The van der Waals surface area contributed by atoms with E-state index in [4.69, 9.17) is 9.47 Å². The number of carbonyl (C=O) groups is 1. The highest BCUT2D eigenvalue weighted by Gasteiger charge is 2.51. The molecule has 0 radical (unpaired) electrons. The third-order valence-electron chi connectivity index (χ3n) is 8.23. The first-order chi connectivity index (χ1) is 18.8. The molecule has 1 aliphatic heterocycles. The van der Waals surface area contributed by atoms with Crippen LogP contribution in [0.5, 0.6) is 11.5 Å². The number of halogens is 2. The second-order valence-electron chi connectivity index (χ2n) is 10.4. The van der Waals surface area contributed by atoms with Gasteiger partial charge in [-0.15, -0.1) is 0 Å². The average Bonchev–Trinajstić information content (AvgIpc) is 3.55. The van der Waals surface area contributed by atoms with E-state index in [0.717, 1.165) is 68.8 Å². The molecule has 1 aliphatic carbocycles. The molecule has 2 amide bonds. The van der Waals surface area contributed by atoms with E-state index >= 15 is 0 Å². The van der Waals surface area contributed by atoms with E-state index in [2.05, 4.69) is 44.6 Å². The van der Waals surface area contributed by atoms with Gasteiger partial charge >= 0.3 is 6.03 Å². The van der Waals surface area contributed by atoms with Gasteiger partial charge in [-0.25, -0.2) is 18.6 Å². The predicted molar refractivity (Wildman–Crippen MR) is 144 cm³/mol. The number of aromatic amines is 1. The number of amides is 2. The SMILES string of the molecule is CCc1ncc(CN2CC[C@]3(c4ccc(OC)c(OC)c4)CC[C@H](NC(=O)Nc4ccc(F)c(F)c4)C[C@@H]23)[nH]1. The Morgan fingerprint density at radius 3 is 2.67 bits per heavy atom. The van der Waals surface area contributed by atoms with Crippen molar-refractivity contribution in [3.05, 3.63) is 71.3 Å². The monoisotopic (exact) mass is 539 g/mol. The third kappa shape index (κ3) is 5.43. The third-order valence-corrected chi connectivity index (χ3v) is 8.23. The highest BCUT2D eigenvalue weighted by molar-refractivity contribution is 5.89. The van der Waals surface area contributed by atoms with E-state index in [1.54, 1.807) is 14.2 Å². The number of carbonyl (C=O) groups excluding carboxylic acids is 1. The number of methoxy groups -OCH3 is 2. The Balaban J connectivity index is 1.37. The van der Waals surface area contributed by atoms with Gasteiger partial charge in [-0.3, -0.25) is 4.90 Å². The maximum atomic E-state index is 13.6. The van der Waals surface area contributed by atoms with Crippen molar-refractivity contribution in [1.82, 2.24) is 20.2 Å². The lowest BCUT2D eigenvalue weighted by atomic mass is 9.65. The molecule has 1 aromatic heterocycles. The standard InChI is InChI=1S/C29H35F2N5O3/c1-4-27-32-16-21(33-27)17-36-12-11-29(18-5-8-24(38-2)25(13-18)39-3)10-9-20(15-26(29)36)35-28(37)34-19-6-7-22(30)23(31)14-19/h5-8,13-14,16,20,26H,4,9-12,15,17H2,1-3H3,(H,32,33)(H2,34,35,37)/t20-,26+,29-/m0/s1. The van der Waals surface area contributed by atoms with E-state index in [-0.39, 0.29) is 23.2 Å². The summed E-state index contributed by atoms with van der Waals surface area (Å²) in [6.07, 6.45) is 6.14. The number of aryl methyl sites for hydroxylation is 1. The number of ether oxygens (including phenoxy) is 2. The molecule has 3 N–H and O–H groups in total. The number of fused-ring (bicyclic) bond motifs is 1. The minimum atomic E-state index is -1.00. The summed E-state index contributed by atoms with van der Waals surface area (Å²) in [5, 5.41) is 5.70. The van der Waals surface area contributed by atoms with Crippen molar-refractivity contribution in [2.75, 3.05) is 26.1 Å². The van der Waals surface area contributed by atoms with Crippen molar-refractivity contribution in [3.8, 4) is 11.5 Å². The number of likely N-dealkylation sites (tertiary alicyclic amines) is 1. The number of urea groups is 1. The Labute approximate surface area is 227 Å². The van der Waals surface area contributed by atoms with Gasteiger partial charge in [0, 0.05) is 54.1 Å². The van der Waals surface area contributed by atoms with Crippen molar-refractivity contribution in [1.29, 1.82) is 0 Å². The number of hydrogen-bond acceptors (Lipinski definition) is 5. The number of rotatable bonds is 8. The number of anilines is 1. The number of hydrogen-bond donors (Lipinski definition) is 3. The fourth-order valence-corrected chi connectivity index (χ4v) is 6.26. The molecule has 3 aromatic rings. The van der Waals surface area contributed by atoms with Crippen LogP contribution in [0.3, 0.4) is 0 Å². The van der Waals surface area contributed by atoms with Gasteiger partial charge in [-0.1, -0.05) is 13.0 Å². The van der Waals surface area contributed by atoms with Crippen molar-refractivity contribution in [2.24, 2.45) is 0 Å². The smallest absolute Gasteiger partial charge is 0.319 e. The molecule has 1 saturated carbocycles. The number of aromatic nitrogens is 2. The number of nitrogens with zero attached hydrogens (tertiary/aromatic N) is 2. The molecular formula is C29H35F2N5O3. The Bertz CT molecular complexity index is 1330. The van der Waals surface area contributed by atoms with Crippen LogP contribution in [-0.4, -0.2) is 53.7 Å². The molecule has 2 heterocycles. The molecular weight excluding hydrogens is 504 g/mol. The van der Waals surface area contributed by atoms with E-state index in [1.165, 1.54) is 11.6 Å². The fraction of sp³-hybridized carbons (Fsp3) is 0.448. The summed E-state index contributed by atoms with van der Waals surface area (Å²) in [5.41, 5.74) is 2.37. The van der Waals surface area contributed by atoms with Gasteiger partial charge in [0.25, 0.3) is 0 Å². The van der Waals surface area contributed by atoms with Crippen molar-refractivity contribution < 1.29 is 23.0 Å². The summed E-state index contributed by atoms with van der Waals surface area (Å²) < 4.78 is 38.0. The lowest BCUT2D eigenvalue weighted by Gasteiger charge is -2.45. The zero-order valence-electron chi connectivity index (χ0n) is 22.5. The maximum Gasteiger partial charge on any atom is 0.319 e. The van der Waals surface area contributed by atoms with Gasteiger partial charge in [0.05, 0.1) is 14.2 Å². The van der Waals surface area contributed by atoms with Crippen LogP contribution >= 0.6 is 0 Å². The maximum absolute atomic E-state index is 13.6. The van der Waals surface area contributed by atoms with Crippen LogP contribution in [-0.2, 0) is 18.4 Å². The summed E-state index contributed by atoms with van der Waals surface area (Å²) in [6.45, 7) is 3.72. The van der Waals surface area contributed by atoms with Crippen LogP contribution in [0.4, 0.5) is 19.3 Å². The van der Waals surface area contributed by atoms with E-state index < -0.39 is 17.7 Å². The number of nitrogens with one attached hydrogen (secondary N) is 3. The minimum Gasteiger partial charge on any atom is -0.493 e. The second kappa shape index (κ2) is 11.2. The number of H-pyrrole nitrogens is 1. The summed E-state index contributed by atoms with van der Waals surface area (Å²) >= 11 is 0. The summed E-state index contributed by atoms with van der Waals surface area (Å²) in [7, 11) is 3.28. The molecule has 8 nitrogen and oxygen atoms in total. The topological polar surface area (TPSA) is 91.5 Å². The van der Waals surface area contributed by atoms with E-state index in [0.29, 0.717) is 11.5 Å². The molecule has 5 rings (SSSR count). The van der Waals surface area contributed by atoms with Gasteiger partial charge in [0.2, 0.25) is 0 Å². The first kappa shape index (κ1) is 26.9. The Morgan fingerprint density at radius 1 is 1.13 bits per heavy atom. The van der Waals surface area contributed by atoms with Gasteiger partial charge < -0.3 is 25.1 Å². The van der Waals surface area contributed by atoms with Crippen LogP contribution in [0.1, 0.15) is 49.7 Å². The van der Waals surface area contributed by atoms with Crippen LogP contribution in [0, 0.1) is 11.6 Å². The first-order valence-electron chi connectivity index (χ1n) is 13.4. The Kier molecular flexibility index (Phi) is 7.74. The molecule has 10 heteroatoms. The first-order valence-corrected chi connectivity index (χ1v) is 13.4. The molecule has 2 aromatic carbocycles. The van der Waals surface area contributed by atoms with E-state index in [9.17, 15) is 13.6 Å². The van der Waals surface area contributed by atoms with Gasteiger partial charge in [-0.05, 0) is 62.1 Å². The highest BCUT2D eigenvalue weighted by Crippen LogP contribution is 2.50. The minimum absolute atomic E-state index is 0.0814. The van der Waals surface area contributed by atoms with Crippen molar-refractivity contribution in [3.63, 3.8) is 0 Å². The quantitative estimate of drug-likeness (QED) is 0.368. The molecule has 39 heavy (non-hydrogen) atoms. The lowest BCUT2D eigenvalue weighted by Crippen LogP contribution is -2.52. The van der Waals surface area contributed by atoms with Crippen LogP contribution < -0.4 is 20.1 Å². The van der Waals surface area contributed by atoms with E-state index in [1.807, 2.05) is 12.3 Å². The zero-order valence-corrected chi connectivity index (χ0v) is 22.5. The molecule has 1 saturated heterocycles. The fourth-order valence-electron chi connectivity index (χ4n) is 6.26. The average molecular weight is 540 g/mol. The Hall–Kier alpha value is -3.66. The van der Waals surface area contributed by atoms with Crippen LogP contribution in [0.2, 0.25) is 0 Å². The van der Waals surface area contributed by atoms with Gasteiger partial charge in [0.15, 0.2) is 23.1 Å². The second-order valence-corrected chi connectivity index (χ2v) is 10.4. The summed E-state index contributed by atoms with van der Waals surface area (Å²) in [6, 6.07) is 9.14. The van der Waals surface area contributed by atoms with Crippen molar-refractivity contribution in [2.45, 2.75) is 63.1 Å². The normalized spacial score (nSPS) is 22.8. The highest BCUT2D eigenvalue weighted by atomic mass is 19.2. The predicted octanol–water partition coefficient (Wildman–Crippen LogP) is 5.15. The van der Waals surface area contributed by atoms with Crippen molar-refractivity contribution >= 4 is 11.7 Å². The Morgan fingerprint density at radius 2 is 1.95 bits per heavy atom. The molecule has 2 fully saturated rings. The summed E-state index contributed by atoms with van der Waals surface area (Å²) in [4.78, 5) is 23.2. The molecule has 0 spiro atoms. The zero-order chi connectivity index (χ0) is 27.6. The van der Waals surface area contributed by atoms with Gasteiger partial charge in [-0.2, -0.15) is 0 Å². The number of benzene rings is 2. The lowest BCUT2D eigenvalue weighted by molar-refractivity contribution is 0.130. The molecule has 0 unspecified atom stereocenters. The summed E-state index contributed by atoms with van der Waals surface area (Å²) in [5.74, 6) is 0.403. The largest absolute Gasteiger partial charge is 0.493 e.